The maximum absolute atomic E-state index is 12.8. The number of hydrogen-bond donors (Lipinski definition) is 0. The van der Waals surface area contributed by atoms with Crippen molar-refractivity contribution in [1.29, 1.82) is 0 Å². The zero-order chi connectivity index (χ0) is 17.3. The zero-order valence-electron chi connectivity index (χ0n) is 14.2. The van der Waals surface area contributed by atoms with Crippen LogP contribution in [-0.2, 0) is 25.4 Å². The molecule has 2 aromatic heterocycles. The van der Waals surface area contributed by atoms with Crippen LogP contribution >= 0.6 is 0 Å². The maximum Gasteiger partial charge on any atom is 0.330 e. The minimum absolute atomic E-state index is 0.266. The van der Waals surface area contributed by atoms with Gasteiger partial charge in [0.1, 0.15) is 0 Å². The molecule has 2 heterocycles. The van der Waals surface area contributed by atoms with Gasteiger partial charge in [0.2, 0.25) is 0 Å². The molecular weight excluding hydrogens is 306 g/mol. The molecule has 0 unspecified atom stereocenters. The van der Waals surface area contributed by atoms with Crippen molar-refractivity contribution >= 4 is 10.9 Å². The van der Waals surface area contributed by atoms with Gasteiger partial charge < -0.3 is 9.30 Å². The molecule has 0 aliphatic heterocycles. The van der Waals surface area contributed by atoms with Crippen LogP contribution in [0.1, 0.15) is 6.42 Å². The molecule has 0 spiro atoms. The Kier molecular flexibility index (Phi) is 4.40. The first-order chi connectivity index (χ1) is 11.6. The standard InChI is InChI=1S/C18H21N3O3/c1-19-14-12-21(10-7-11-24-3)16(13-8-5-4-6-9-13)15(14)17(22)20(2)18(19)23/h4-6,8-9,12H,7,10-11H2,1-3H3. The van der Waals surface area contributed by atoms with Crippen LogP contribution in [0.4, 0.5) is 0 Å². The average molecular weight is 327 g/mol. The highest BCUT2D eigenvalue weighted by Crippen LogP contribution is 2.28. The minimum atomic E-state index is -0.318. The van der Waals surface area contributed by atoms with E-state index >= 15 is 0 Å². The Morgan fingerprint density at radius 3 is 2.42 bits per heavy atom. The van der Waals surface area contributed by atoms with Crippen LogP contribution in [0.3, 0.4) is 0 Å². The summed E-state index contributed by atoms with van der Waals surface area (Å²) in [5, 5.41) is 0.572. The lowest BCUT2D eigenvalue weighted by molar-refractivity contribution is 0.190. The van der Waals surface area contributed by atoms with Crippen LogP contribution in [-0.4, -0.2) is 27.4 Å². The Hall–Kier alpha value is -2.60. The molecule has 0 saturated carbocycles. The third kappa shape index (κ3) is 2.59. The Bertz CT molecular complexity index is 981. The SMILES string of the molecule is COCCCn1cc2c(c1-c1ccccc1)c(=O)n(C)c(=O)n2C. The number of fused-ring (bicyclic) bond motifs is 1. The predicted octanol–water partition coefficient (Wildman–Crippen LogP) is 1.74. The Morgan fingerprint density at radius 2 is 1.75 bits per heavy atom. The first-order valence-corrected chi connectivity index (χ1v) is 7.89. The summed E-state index contributed by atoms with van der Waals surface area (Å²) >= 11 is 0. The number of rotatable bonds is 5. The fourth-order valence-electron chi connectivity index (χ4n) is 3.05. The molecule has 3 rings (SSSR count). The average Bonchev–Trinajstić information content (AvgIpc) is 2.99. The fraction of sp³-hybridized carbons (Fsp3) is 0.333. The molecule has 0 aliphatic rings. The third-order valence-electron chi connectivity index (χ3n) is 4.31. The summed E-state index contributed by atoms with van der Waals surface area (Å²) in [7, 11) is 4.88. The number of methoxy groups -OCH3 is 1. The number of ether oxygens (including phenoxy) is 1. The normalized spacial score (nSPS) is 11.3. The van der Waals surface area contributed by atoms with E-state index in [-0.39, 0.29) is 11.2 Å². The summed E-state index contributed by atoms with van der Waals surface area (Å²) in [6, 6.07) is 9.79. The Labute approximate surface area is 139 Å². The first kappa shape index (κ1) is 16.3. The van der Waals surface area contributed by atoms with Crippen LogP contribution in [0.2, 0.25) is 0 Å². The summed E-state index contributed by atoms with van der Waals surface area (Å²) in [5.74, 6) is 0. The molecule has 0 N–H and O–H groups in total. The molecule has 0 amide bonds. The number of aromatic nitrogens is 3. The van der Waals surface area contributed by atoms with Crippen molar-refractivity contribution < 1.29 is 4.74 Å². The van der Waals surface area contributed by atoms with Crippen molar-refractivity contribution in [2.24, 2.45) is 14.1 Å². The lowest BCUT2D eigenvalue weighted by Crippen LogP contribution is -2.36. The van der Waals surface area contributed by atoms with Crippen molar-refractivity contribution in [2.45, 2.75) is 13.0 Å². The molecule has 6 nitrogen and oxygen atoms in total. The van der Waals surface area contributed by atoms with E-state index in [0.717, 1.165) is 22.2 Å². The van der Waals surface area contributed by atoms with Gasteiger partial charge in [-0.3, -0.25) is 13.9 Å². The van der Waals surface area contributed by atoms with Gasteiger partial charge in [-0.25, -0.2) is 4.79 Å². The Morgan fingerprint density at radius 1 is 1.04 bits per heavy atom. The van der Waals surface area contributed by atoms with Gasteiger partial charge in [0.05, 0.1) is 16.6 Å². The Balaban J connectivity index is 2.34. The van der Waals surface area contributed by atoms with Crippen LogP contribution in [0, 0.1) is 0 Å². The summed E-state index contributed by atoms with van der Waals surface area (Å²) < 4.78 is 9.86. The van der Waals surface area contributed by atoms with Crippen LogP contribution in [0.5, 0.6) is 0 Å². The molecule has 3 aromatic rings. The van der Waals surface area contributed by atoms with Crippen LogP contribution < -0.4 is 11.2 Å². The van der Waals surface area contributed by atoms with Gasteiger partial charge in [0.25, 0.3) is 5.56 Å². The van der Waals surface area contributed by atoms with Crippen molar-refractivity contribution in [3.8, 4) is 11.3 Å². The van der Waals surface area contributed by atoms with Crippen LogP contribution in [0.15, 0.2) is 46.1 Å². The molecule has 0 fully saturated rings. The summed E-state index contributed by atoms with van der Waals surface area (Å²) in [4.78, 5) is 25.0. The highest BCUT2D eigenvalue weighted by molar-refractivity contribution is 5.93. The topological polar surface area (TPSA) is 58.2 Å². The fourth-order valence-corrected chi connectivity index (χ4v) is 3.05. The summed E-state index contributed by atoms with van der Waals surface area (Å²) in [6.07, 6.45) is 2.71. The molecule has 24 heavy (non-hydrogen) atoms. The van der Waals surface area contributed by atoms with Crippen molar-refractivity contribution in [3.63, 3.8) is 0 Å². The van der Waals surface area contributed by atoms with Crippen molar-refractivity contribution in [1.82, 2.24) is 13.7 Å². The molecule has 0 atom stereocenters. The molecular formula is C18H21N3O3. The van der Waals surface area contributed by atoms with Gasteiger partial charge in [0, 0.05) is 40.6 Å². The molecule has 6 heteroatoms. The van der Waals surface area contributed by atoms with E-state index in [0.29, 0.717) is 24.1 Å². The van der Waals surface area contributed by atoms with Crippen LogP contribution in [0.25, 0.3) is 22.2 Å². The van der Waals surface area contributed by atoms with E-state index in [9.17, 15) is 9.59 Å². The number of benzene rings is 1. The lowest BCUT2D eigenvalue weighted by Gasteiger charge is -2.09. The monoisotopic (exact) mass is 327 g/mol. The van der Waals surface area contributed by atoms with Gasteiger partial charge in [0.15, 0.2) is 0 Å². The van der Waals surface area contributed by atoms with E-state index in [2.05, 4.69) is 0 Å². The number of hydrogen-bond acceptors (Lipinski definition) is 3. The maximum atomic E-state index is 12.8. The summed E-state index contributed by atoms with van der Waals surface area (Å²) in [6.45, 7) is 1.35. The largest absolute Gasteiger partial charge is 0.385 e. The number of aryl methyl sites for hydroxylation is 2. The first-order valence-electron chi connectivity index (χ1n) is 7.89. The molecule has 126 valence electrons. The lowest BCUT2D eigenvalue weighted by atomic mass is 10.1. The summed E-state index contributed by atoms with van der Waals surface area (Å²) in [5.41, 5.74) is 1.87. The van der Waals surface area contributed by atoms with Crippen molar-refractivity contribution in [2.75, 3.05) is 13.7 Å². The second-order valence-corrected chi connectivity index (χ2v) is 5.85. The van der Waals surface area contributed by atoms with E-state index in [4.69, 9.17) is 4.74 Å². The third-order valence-corrected chi connectivity index (χ3v) is 4.31. The van der Waals surface area contributed by atoms with E-state index in [1.165, 1.54) is 11.6 Å². The molecule has 0 saturated heterocycles. The van der Waals surface area contributed by atoms with E-state index < -0.39 is 0 Å². The van der Waals surface area contributed by atoms with Gasteiger partial charge >= 0.3 is 5.69 Å². The van der Waals surface area contributed by atoms with Gasteiger partial charge in [-0.05, 0) is 12.0 Å². The molecule has 0 aliphatic carbocycles. The van der Waals surface area contributed by atoms with Gasteiger partial charge in [-0.2, -0.15) is 0 Å². The molecule has 0 bridgehead atoms. The smallest absolute Gasteiger partial charge is 0.330 e. The van der Waals surface area contributed by atoms with E-state index in [1.807, 2.05) is 41.1 Å². The molecule has 1 aromatic carbocycles. The highest BCUT2D eigenvalue weighted by Gasteiger charge is 2.18. The zero-order valence-corrected chi connectivity index (χ0v) is 14.2. The molecule has 0 radical (unpaired) electrons. The van der Waals surface area contributed by atoms with Gasteiger partial charge in [-0.1, -0.05) is 30.3 Å². The highest BCUT2D eigenvalue weighted by atomic mass is 16.5. The number of nitrogens with zero attached hydrogens (tertiary/aromatic N) is 3. The second kappa shape index (κ2) is 6.49. The predicted molar refractivity (Wildman–Crippen MR) is 94.3 cm³/mol. The minimum Gasteiger partial charge on any atom is -0.385 e. The second-order valence-electron chi connectivity index (χ2n) is 5.85. The van der Waals surface area contributed by atoms with E-state index in [1.54, 1.807) is 14.2 Å². The van der Waals surface area contributed by atoms with Crippen molar-refractivity contribution in [3.05, 3.63) is 57.4 Å². The quantitative estimate of drug-likeness (QED) is 0.671. The van der Waals surface area contributed by atoms with Gasteiger partial charge in [-0.15, -0.1) is 0 Å².